The molecule has 0 unspecified atom stereocenters. The van der Waals surface area contributed by atoms with E-state index in [4.69, 9.17) is 14.2 Å². The molecule has 2 aliphatic rings. The SMILES string of the molecule is C[C@@H](F)[C@H]1O[C@@H]2OC(C)(C)O[C@@H]2[C@H]1O. The Balaban J connectivity index is 2.08. The van der Waals surface area contributed by atoms with Crippen LogP contribution in [-0.4, -0.2) is 41.7 Å². The fraction of sp³-hybridized carbons (Fsp3) is 1.00. The second kappa shape index (κ2) is 3.13. The number of hydrogen-bond donors (Lipinski definition) is 1. The molecule has 82 valence electrons. The molecule has 2 heterocycles. The first-order valence-electron chi connectivity index (χ1n) is 4.74. The molecule has 0 aromatic heterocycles. The molecule has 0 aromatic rings. The van der Waals surface area contributed by atoms with Gasteiger partial charge in [0.15, 0.2) is 12.1 Å². The molecule has 2 rings (SSSR count). The van der Waals surface area contributed by atoms with Gasteiger partial charge >= 0.3 is 0 Å². The maximum absolute atomic E-state index is 13.0. The molecular weight excluding hydrogens is 191 g/mol. The van der Waals surface area contributed by atoms with Gasteiger partial charge in [0, 0.05) is 0 Å². The van der Waals surface area contributed by atoms with Crippen LogP contribution in [0.3, 0.4) is 0 Å². The van der Waals surface area contributed by atoms with Gasteiger partial charge in [-0.2, -0.15) is 0 Å². The number of fused-ring (bicyclic) bond motifs is 1. The minimum atomic E-state index is -1.23. The summed E-state index contributed by atoms with van der Waals surface area (Å²) in [5, 5.41) is 9.69. The zero-order valence-corrected chi connectivity index (χ0v) is 8.44. The molecule has 0 radical (unpaired) electrons. The molecule has 5 atom stereocenters. The highest BCUT2D eigenvalue weighted by atomic mass is 19.1. The van der Waals surface area contributed by atoms with E-state index in [0.717, 1.165) is 0 Å². The summed E-state index contributed by atoms with van der Waals surface area (Å²) < 4.78 is 28.9. The second-order valence-corrected chi connectivity index (χ2v) is 4.24. The Labute approximate surface area is 81.9 Å². The van der Waals surface area contributed by atoms with Crippen molar-refractivity contribution in [1.29, 1.82) is 0 Å². The van der Waals surface area contributed by atoms with E-state index in [1.54, 1.807) is 13.8 Å². The third kappa shape index (κ3) is 1.54. The lowest BCUT2D eigenvalue weighted by Crippen LogP contribution is -2.38. The van der Waals surface area contributed by atoms with Gasteiger partial charge in [-0.25, -0.2) is 4.39 Å². The van der Waals surface area contributed by atoms with E-state index in [1.165, 1.54) is 6.92 Å². The van der Waals surface area contributed by atoms with Crippen LogP contribution in [0.25, 0.3) is 0 Å². The van der Waals surface area contributed by atoms with Gasteiger partial charge in [-0.1, -0.05) is 0 Å². The second-order valence-electron chi connectivity index (χ2n) is 4.24. The highest BCUT2D eigenvalue weighted by molar-refractivity contribution is 4.94. The van der Waals surface area contributed by atoms with Crippen LogP contribution in [0, 0.1) is 0 Å². The molecule has 4 nitrogen and oxygen atoms in total. The Morgan fingerprint density at radius 2 is 2.00 bits per heavy atom. The molecule has 0 bridgehead atoms. The summed E-state index contributed by atoms with van der Waals surface area (Å²) in [5.41, 5.74) is 0. The summed E-state index contributed by atoms with van der Waals surface area (Å²) in [5.74, 6) is -0.763. The normalized spacial score (nSPS) is 47.8. The third-order valence-corrected chi connectivity index (χ3v) is 2.51. The van der Waals surface area contributed by atoms with Gasteiger partial charge in [0.05, 0.1) is 0 Å². The standard InChI is InChI=1S/C9H15FO4/c1-4(10)6-5(11)7-8(12-6)14-9(2,3)13-7/h4-8,11H,1-3H3/t4-,5+,6-,7-,8-/m1/s1. The average Bonchev–Trinajstić information content (AvgIpc) is 2.46. The van der Waals surface area contributed by atoms with Crippen LogP contribution in [0.2, 0.25) is 0 Å². The lowest BCUT2D eigenvalue weighted by molar-refractivity contribution is -0.220. The lowest BCUT2D eigenvalue weighted by Gasteiger charge is -2.23. The van der Waals surface area contributed by atoms with E-state index in [-0.39, 0.29) is 0 Å². The predicted molar refractivity (Wildman–Crippen MR) is 45.3 cm³/mol. The van der Waals surface area contributed by atoms with Crippen molar-refractivity contribution in [3.8, 4) is 0 Å². The topological polar surface area (TPSA) is 47.9 Å². The average molecular weight is 206 g/mol. The summed E-state index contributed by atoms with van der Waals surface area (Å²) in [6.45, 7) is 4.81. The summed E-state index contributed by atoms with van der Waals surface area (Å²) in [6, 6.07) is 0. The van der Waals surface area contributed by atoms with Crippen molar-refractivity contribution < 1.29 is 23.7 Å². The van der Waals surface area contributed by atoms with Gasteiger partial charge in [-0.3, -0.25) is 0 Å². The van der Waals surface area contributed by atoms with Crippen LogP contribution < -0.4 is 0 Å². The first-order chi connectivity index (χ1) is 6.41. The summed E-state index contributed by atoms with van der Waals surface area (Å²) >= 11 is 0. The highest BCUT2D eigenvalue weighted by Crippen LogP contribution is 2.38. The van der Waals surface area contributed by atoms with Crippen LogP contribution in [0.15, 0.2) is 0 Å². The molecule has 2 saturated heterocycles. The number of aliphatic hydroxyl groups is 1. The van der Waals surface area contributed by atoms with Crippen LogP contribution in [0.4, 0.5) is 4.39 Å². The Hall–Kier alpha value is -0.230. The van der Waals surface area contributed by atoms with Crippen LogP contribution in [0.1, 0.15) is 20.8 Å². The van der Waals surface area contributed by atoms with Gasteiger partial charge in [0.1, 0.15) is 24.5 Å². The first kappa shape index (κ1) is 10.3. The monoisotopic (exact) mass is 206 g/mol. The quantitative estimate of drug-likeness (QED) is 0.681. The van der Waals surface area contributed by atoms with Crippen molar-refractivity contribution in [2.45, 2.75) is 57.3 Å². The molecular formula is C9H15FO4. The minimum absolute atomic E-state index is 0.576. The van der Waals surface area contributed by atoms with Crippen molar-refractivity contribution in [2.24, 2.45) is 0 Å². The van der Waals surface area contributed by atoms with Crippen molar-refractivity contribution in [1.82, 2.24) is 0 Å². The number of aliphatic hydroxyl groups excluding tert-OH is 1. The van der Waals surface area contributed by atoms with Gasteiger partial charge in [0.2, 0.25) is 0 Å². The van der Waals surface area contributed by atoms with E-state index in [2.05, 4.69) is 0 Å². The molecule has 0 saturated carbocycles. The number of hydrogen-bond acceptors (Lipinski definition) is 4. The molecule has 0 amide bonds. The van der Waals surface area contributed by atoms with Crippen molar-refractivity contribution >= 4 is 0 Å². The fourth-order valence-electron chi connectivity index (χ4n) is 1.90. The van der Waals surface area contributed by atoms with Crippen molar-refractivity contribution in [3.63, 3.8) is 0 Å². The minimum Gasteiger partial charge on any atom is -0.387 e. The molecule has 1 N–H and O–H groups in total. The van der Waals surface area contributed by atoms with Gasteiger partial charge < -0.3 is 19.3 Å². The van der Waals surface area contributed by atoms with Crippen LogP contribution >= 0.6 is 0 Å². The Morgan fingerprint density at radius 1 is 1.36 bits per heavy atom. The maximum atomic E-state index is 13.0. The number of ether oxygens (including phenoxy) is 3. The maximum Gasteiger partial charge on any atom is 0.190 e. The highest BCUT2D eigenvalue weighted by Gasteiger charge is 2.55. The van der Waals surface area contributed by atoms with Crippen molar-refractivity contribution in [3.05, 3.63) is 0 Å². The summed E-state index contributed by atoms with van der Waals surface area (Å²) in [4.78, 5) is 0. The first-order valence-corrected chi connectivity index (χ1v) is 4.74. The van der Waals surface area contributed by atoms with E-state index >= 15 is 0 Å². The molecule has 2 aliphatic heterocycles. The van der Waals surface area contributed by atoms with Gasteiger partial charge in [-0.05, 0) is 20.8 Å². The van der Waals surface area contributed by atoms with E-state index < -0.39 is 36.6 Å². The Morgan fingerprint density at radius 3 is 2.50 bits per heavy atom. The number of halogens is 1. The smallest absolute Gasteiger partial charge is 0.190 e. The van der Waals surface area contributed by atoms with Crippen molar-refractivity contribution in [2.75, 3.05) is 0 Å². The summed E-state index contributed by atoms with van der Waals surface area (Å²) in [6.07, 6.45) is -4.26. The number of rotatable bonds is 1. The molecule has 0 spiro atoms. The molecule has 14 heavy (non-hydrogen) atoms. The predicted octanol–water partition coefficient (Wildman–Crippen LogP) is 0.582. The third-order valence-electron chi connectivity index (χ3n) is 2.51. The molecule has 5 heteroatoms. The molecule has 0 aliphatic carbocycles. The zero-order chi connectivity index (χ0) is 10.5. The van der Waals surface area contributed by atoms with E-state index in [0.29, 0.717) is 0 Å². The number of alkyl halides is 1. The van der Waals surface area contributed by atoms with E-state index in [9.17, 15) is 9.50 Å². The van der Waals surface area contributed by atoms with Gasteiger partial charge in [0.25, 0.3) is 0 Å². The zero-order valence-electron chi connectivity index (χ0n) is 8.44. The van der Waals surface area contributed by atoms with Crippen LogP contribution in [-0.2, 0) is 14.2 Å². The summed E-state index contributed by atoms with van der Waals surface area (Å²) in [7, 11) is 0. The Bertz CT molecular complexity index is 229. The Kier molecular flexibility index (Phi) is 2.30. The van der Waals surface area contributed by atoms with Gasteiger partial charge in [-0.15, -0.1) is 0 Å². The molecule has 0 aromatic carbocycles. The largest absolute Gasteiger partial charge is 0.387 e. The molecule has 2 fully saturated rings. The fourth-order valence-corrected chi connectivity index (χ4v) is 1.90. The lowest BCUT2D eigenvalue weighted by atomic mass is 10.1. The van der Waals surface area contributed by atoms with E-state index in [1.807, 2.05) is 0 Å². The van der Waals surface area contributed by atoms with Crippen LogP contribution in [0.5, 0.6) is 0 Å².